The van der Waals surface area contributed by atoms with Gasteiger partial charge in [0.25, 0.3) is 0 Å². The Labute approximate surface area is 218 Å². The van der Waals surface area contributed by atoms with Crippen molar-refractivity contribution in [1.29, 1.82) is 0 Å². The van der Waals surface area contributed by atoms with E-state index in [0.717, 1.165) is 36.2 Å². The van der Waals surface area contributed by atoms with Crippen LogP contribution in [-0.2, 0) is 0 Å². The molecule has 1 nitrogen and oxygen atoms in total. The number of rotatable bonds is 7. The largest absolute Gasteiger partial charge is 0.391 e. The monoisotopic (exact) mass is 739 g/mol. The average Bonchev–Trinajstić information content (AvgIpc) is 2.71. The summed E-state index contributed by atoms with van der Waals surface area (Å²) in [5, 5.41) is 3.70. The maximum atomic E-state index is 7.00. The third-order valence-electron chi connectivity index (χ3n) is 5.85. The fourth-order valence-corrected chi connectivity index (χ4v) is 7.73. The van der Waals surface area contributed by atoms with Gasteiger partial charge in [-0.2, -0.15) is 0 Å². The van der Waals surface area contributed by atoms with Crippen molar-refractivity contribution in [3.63, 3.8) is 0 Å². The average molecular weight is 740 g/mol. The Morgan fingerprint density at radius 2 is 2.11 bits per heavy atom. The Bertz CT molecular complexity index is 623. The molecule has 0 fully saturated rings. The van der Waals surface area contributed by atoms with Crippen LogP contribution in [0.5, 0.6) is 0 Å². The van der Waals surface area contributed by atoms with Crippen molar-refractivity contribution < 1.29 is 0 Å². The van der Waals surface area contributed by atoms with Gasteiger partial charge in [-0.15, -0.1) is 11.6 Å². The molecule has 0 bridgehead atoms. The van der Waals surface area contributed by atoms with Gasteiger partial charge in [-0.1, -0.05) is 47.2 Å². The maximum Gasteiger partial charge on any atom is 0.0374 e. The molecule has 4 atom stereocenters. The van der Waals surface area contributed by atoms with E-state index in [4.69, 9.17) is 11.6 Å². The predicted octanol–water partition coefficient (Wildman–Crippen LogP) is 8.71. The first-order valence-corrected chi connectivity index (χ1v) is 14.5. The fraction of sp³-hybridized carbons (Fsp3) is 0.652. The van der Waals surface area contributed by atoms with Gasteiger partial charge in [0.05, 0.1) is 0 Å². The van der Waals surface area contributed by atoms with Crippen LogP contribution in [0.3, 0.4) is 0 Å². The van der Waals surface area contributed by atoms with E-state index in [9.17, 15) is 0 Å². The van der Waals surface area contributed by atoms with E-state index in [1.165, 1.54) is 38.4 Å². The molecule has 0 aromatic rings. The molecule has 1 heterocycles. The van der Waals surface area contributed by atoms with E-state index in [1.807, 2.05) is 0 Å². The van der Waals surface area contributed by atoms with E-state index in [-0.39, 0.29) is 5.38 Å². The Kier molecular flexibility index (Phi) is 12.4. The van der Waals surface area contributed by atoms with Crippen molar-refractivity contribution >= 4 is 79.4 Å². The Morgan fingerprint density at radius 3 is 2.86 bits per heavy atom. The molecule has 2 aliphatic rings. The minimum atomic E-state index is 0.272. The van der Waals surface area contributed by atoms with Crippen LogP contribution in [0.1, 0.15) is 58.8 Å². The topological polar surface area (TPSA) is 12.0 Å². The summed E-state index contributed by atoms with van der Waals surface area (Å²) < 4.78 is 3.90. The highest BCUT2D eigenvalue weighted by Crippen LogP contribution is 2.39. The van der Waals surface area contributed by atoms with E-state index in [2.05, 4.69) is 111 Å². The molecule has 0 saturated heterocycles. The SMILES string of the molecule is CC1=C(CC(C[C@H]2CCCN/C=C\[C@H](C)C2)C(Cl)CCI)C(I)=CC(I)=CC1. The van der Waals surface area contributed by atoms with Crippen LogP contribution >= 0.6 is 79.4 Å². The number of allylic oxidation sites excluding steroid dienone is 7. The molecule has 0 saturated carbocycles. The maximum absolute atomic E-state index is 7.00. The van der Waals surface area contributed by atoms with Gasteiger partial charge in [-0.3, -0.25) is 0 Å². The quantitative estimate of drug-likeness (QED) is 0.204. The van der Waals surface area contributed by atoms with Crippen molar-refractivity contribution in [3.8, 4) is 0 Å². The highest BCUT2D eigenvalue weighted by molar-refractivity contribution is 14.1. The van der Waals surface area contributed by atoms with E-state index in [0.29, 0.717) is 11.8 Å². The fourth-order valence-electron chi connectivity index (χ4n) is 4.25. The second kappa shape index (κ2) is 13.6. The van der Waals surface area contributed by atoms with Crippen LogP contribution in [0, 0.1) is 17.8 Å². The van der Waals surface area contributed by atoms with Crippen molar-refractivity contribution in [1.82, 2.24) is 5.32 Å². The summed E-state index contributed by atoms with van der Waals surface area (Å²) in [5.41, 5.74) is 3.07. The van der Waals surface area contributed by atoms with E-state index >= 15 is 0 Å². The molecule has 0 aromatic carbocycles. The van der Waals surface area contributed by atoms with Gasteiger partial charge < -0.3 is 5.32 Å². The lowest BCUT2D eigenvalue weighted by Crippen LogP contribution is -2.22. The molecule has 1 N–H and O–H groups in total. The first-order chi connectivity index (χ1) is 13.4. The second-order valence-electron chi connectivity index (χ2n) is 8.27. The first-order valence-electron chi connectivity index (χ1n) is 10.4. The molecular formula is C23H33ClI3N. The van der Waals surface area contributed by atoms with E-state index < -0.39 is 0 Å². The Hall–Kier alpha value is 1.24. The molecule has 1 aliphatic carbocycles. The Balaban J connectivity index is 2.17. The van der Waals surface area contributed by atoms with Gasteiger partial charge in [-0.05, 0) is 133 Å². The third kappa shape index (κ3) is 8.77. The smallest absolute Gasteiger partial charge is 0.0374 e. The number of nitrogens with one attached hydrogen (secondary N) is 1. The van der Waals surface area contributed by atoms with Crippen LogP contribution in [0.25, 0.3) is 0 Å². The zero-order valence-corrected chi connectivity index (χ0v) is 24.2. The number of hydrogen-bond acceptors (Lipinski definition) is 1. The lowest BCUT2D eigenvalue weighted by molar-refractivity contribution is 0.300. The zero-order valence-electron chi connectivity index (χ0n) is 17.0. The Morgan fingerprint density at radius 1 is 1.32 bits per heavy atom. The van der Waals surface area contributed by atoms with Crippen molar-refractivity contribution in [2.45, 2.75) is 64.2 Å². The number of halogens is 4. The number of alkyl halides is 2. The minimum absolute atomic E-state index is 0.272. The summed E-state index contributed by atoms with van der Waals surface area (Å²) in [6, 6.07) is 0. The number of hydrogen-bond donors (Lipinski definition) is 1. The normalized spacial score (nSPS) is 27.4. The molecule has 158 valence electrons. The van der Waals surface area contributed by atoms with Crippen LogP contribution in [0.4, 0.5) is 0 Å². The molecule has 0 spiro atoms. The lowest BCUT2D eigenvalue weighted by atomic mass is 9.80. The first kappa shape index (κ1) is 25.5. The molecule has 1 aliphatic heterocycles. The molecule has 0 aromatic heterocycles. The molecule has 0 amide bonds. The lowest BCUT2D eigenvalue weighted by Gasteiger charge is -2.29. The van der Waals surface area contributed by atoms with Gasteiger partial charge in [0.15, 0.2) is 0 Å². The van der Waals surface area contributed by atoms with Crippen LogP contribution in [-0.4, -0.2) is 16.3 Å². The van der Waals surface area contributed by atoms with Crippen LogP contribution in [0.2, 0.25) is 0 Å². The summed E-state index contributed by atoms with van der Waals surface area (Å²) >= 11 is 14.5. The summed E-state index contributed by atoms with van der Waals surface area (Å²) in [7, 11) is 0. The minimum Gasteiger partial charge on any atom is -0.391 e. The van der Waals surface area contributed by atoms with Gasteiger partial charge in [-0.25, -0.2) is 0 Å². The molecule has 5 heteroatoms. The third-order valence-corrected chi connectivity index (χ3v) is 8.76. The molecule has 2 rings (SSSR count). The molecule has 0 radical (unpaired) electrons. The molecular weight excluding hydrogens is 706 g/mol. The van der Waals surface area contributed by atoms with Gasteiger partial charge in [0.2, 0.25) is 0 Å². The zero-order chi connectivity index (χ0) is 20.5. The predicted molar refractivity (Wildman–Crippen MR) is 151 cm³/mol. The summed E-state index contributed by atoms with van der Waals surface area (Å²) in [6.07, 6.45) is 17.6. The van der Waals surface area contributed by atoms with Gasteiger partial charge in [0, 0.05) is 23.5 Å². The highest BCUT2D eigenvalue weighted by Gasteiger charge is 2.26. The van der Waals surface area contributed by atoms with Crippen molar-refractivity contribution in [2.24, 2.45) is 17.8 Å². The van der Waals surface area contributed by atoms with Crippen molar-refractivity contribution in [2.75, 3.05) is 11.0 Å². The van der Waals surface area contributed by atoms with E-state index in [1.54, 1.807) is 5.57 Å². The standard InChI is InChI=1S/C23H33ClI3N/c1-16-8-11-28-10-3-4-18(12-16)13-19(22(24)7-9-25)14-21-17(2)5-6-20(26)15-23(21)27/h6,8,11,15-16,18-19,22,28H,3-5,7,9-10,12-14H2,1-2H3/b11-8-/t16-,18-,19?,22?/m0/s1. The molecule has 2 unspecified atom stereocenters. The summed E-state index contributed by atoms with van der Waals surface area (Å²) in [5.74, 6) is 1.97. The second-order valence-corrected chi connectivity index (χ2v) is 12.3. The highest BCUT2D eigenvalue weighted by atomic mass is 127. The molecule has 28 heavy (non-hydrogen) atoms. The van der Waals surface area contributed by atoms with Crippen molar-refractivity contribution in [3.05, 3.63) is 42.7 Å². The van der Waals surface area contributed by atoms with Crippen LogP contribution < -0.4 is 5.32 Å². The van der Waals surface area contributed by atoms with Gasteiger partial charge in [0.1, 0.15) is 0 Å². The summed E-state index contributed by atoms with van der Waals surface area (Å²) in [6.45, 7) is 5.76. The van der Waals surface area contributed by atoms with Crippen LogP contribution in [0.15, 0.2) is 42.7 Å². The van der Waals surface area contributed by atoms with Gasteiger partial charge >= 0.3 is 0 Å². The summed E-state index contributed by atoms with van der Waals surface area (Å²) in [4.78, 5) is 0.